The second kappa shape index (κ2) is 8.45. The smallest absolute Gasteiger partial charge is 0.327 e. The maximum absolute atomic E-state index is 13.6. The van der Waals surface area contributed by atoms with Crippen LogP contribution < -0.4 is 5.32 Å². The summed E-state index contributed by atoms with van der Waals surface area (Å²) in [5, 5.41) is 11.7. The average Bonchev–Trinajstić information content (AvgIpc) is 2.47. The van der Waals surface area contributed by atoms with Crippen molar-refractivity contribution in [3.63, 3.8) is 0 Å². The van der Waals surface area contributed by atoms with E-state index in [1.165, 1.54) is 0 Å². The molecule has 1 aromatic carbocycles. The molecule has 7 heteroatoms. The van der Waals surface area contributed by atoms with E-state index in [1.807, 2.05) is 0 Å². The van der Waals surface area contributed by atoms with Crippen LogP contribution in [0.4, 0.5) is 8.78 Å². The van der Waals surface area contributed by atoms with Crippen molar-refractivity contribution in [1.82, 2.24) is 5.32 Å². The van der Waals surface area contributed by atoms with E-state index < -0.39 is 37.6 Å². The van der Waals surface area contributed by atoms with Gasteiger partial charge >= 0.3 is 5.97 Å². The van der Waals surface area contributed by atoms with Gasteiger partial charge in [0.2, 0.25) is 5.91 Å². The summed E-state index contributed by atoms with van der Waals surface area (Å²) in [5.74, 6) is -0.550. The van der Waals surface area contributed by atoms with Gasteiger partial charge in [0.25, 0.3) is 0 Å². The fourth-order valence-corrected chi connectivity index (χ4v) is 2.76. The minimum absolute atomic E-state index is 0.000367. The van der Waals surface area contributed by atoms with Crippen LogP contribution in [-0.4, -0.2) is 31.1 Å². The highest BCUT2D eigenvalue weighted by molar-refractivity contribution is 6.87. The van der Waals surface area contributed by atoms with Crippen LogP contribution in [-0.2, 0) is 16.0 Å². The largest absolute Gasteiger partial charge is 0.480 e. The van der Waals surface area contributed by atoms with Crippen molar-refractivity contribution in [2.75, 3.05) is 0 Å². The highest BCUT2D eigenvalue weighted by Crippen LogP contribution is 2.35. The first kappa shape index (κ1) is 21.8. The molecule has 4 nitrogen and oxygen atoms in total. The Kier molecular flexibility index (Phi) is 7.10. The van der Waals surface area contributed by atoms with Gasteiger partial charge in [-0.2, -0.15) is 0 Å². The highest BCUT2D eigenvalue weighted by Gasteiger charge is 2.33. The maximum Gasteiger partial charge on any atom is 0.327 e. The summed E-state index contributed by atoms with van der Waals surface area (Å²) in [6.45, 7) is 10.5. The van der Waals surface area contributed by atoms with Crippen LogP contribution in [0.25, 0.3) is 0 Å². The summed E-state index contributed by atoms with van der Waals surface area (Å²) >= 11 is 0. The summed E-state index contributed by atoms with van der Waals surface area (Å²) in [6, 6.07) is 1.72. The Balaban J connectivity index is 2.77. The molecular formula is C19H25F2NO3Si. The minimum atomic E-state index is -1.87. The lowest BCUT2D eigenvalue weighted by molar-refractivity contribution is -0.141. The van der Waals surface area contributed by atoms with Gasteiger partial charge in [0.05, 0.1) is 6.42 Å². The Morgan fingerprint density at radius 3 is 2.38 bits per heavy atom. The maximum atomic E-state index is 13.6. The number of hydrogen-bond acceptors (Lipinski definition) is 2. The van der Waals surface area contributed by atoms with Gasteiger partial charge in [-0.3, -0.25) is 4.79 Å². The van der Waals surface area contributed by atoms with Crippen molar-refractivity contribution < 1.29 is 23.5 Å². The molecule has 0 aliphatic rings. The minimum Gasteiger partial charge on any atom is -0.480 e. The molecule has 0 spiro atoms. The number of aliphatic carboxylic acids is 1. The first-order valence-electron chi connectivity index (χ1n) is 8.29. The van der Waals surface area contributed by atoms with Gasteiger partial charge in [0, 0.05) is 12.5 Å². The quantitative estimate of drug-likeness (QED) is 0.606. The molecule has 0 aromatic heterocycles. The van der Waals surface area contributed by atoms with Crippen LogP contribution in [0, 0.1) is 23.1 Å². The Bertz CT molecular complexity index is 745. The molecule has 0 bridgehead atoms. The fourth-order valence-electron chi connectivity index (χ4n) is 1.85. The number of nitrogens with one attached hydrogen (secondary N) is 1. The molecule has 0 unspecified atom stereocenters. The molecule has 26 heavy (non-hydrogen) atoms. The first-order chi connectivity index (χ1) is 11.8. The number of halogens is 2. The van der Waals surface area contributed by atoms with Gasteiger partial charge < -0.3 is 10.4 Å². The lowest BCUT2D eigenvalue weighted by atomic mass is 10.1. The number of carboxylic acid groups (broad SMARTS) is 1. The Morgan fingerprint density at radius 1 is 1.27 bits per heavy atom. The SMILES string of the molecule is CC(C)(C)[Si](C)(C)C#CC[C@@H](NC(=O)Cc1ccc(F)cc1F)C(=O)O. The first-order valence-corrected chi connectivity index (χ1v) is 11.3. The molecule has 1 atom stereocenters. The Morgan fingerprint density at radius 2 is 1.88 bits per heavy atom. The molecule has 1 amide bonds. The van der Waals surface area contributed by atoms with Crippen molar-refractivity contribution in [2.45, 2.75) is 57.8 Å². The van der Waals surface area contributed by atoms with Crippen LogP contribution in [0.5, 0.6) is 0 Å². The van der Waals surface area contributed by atoms with Crippen LogP contribution in [0.3, 0.4) is 0 Å². The predicted octanol–water partition coefficient (Wildman–Crippen LogP) is 3.52. The van der Waals surface area contributed by atoms with Crippen molar-refractivity contribution >= 4 is 20.0 Å². The third-order valence-corrected chi connectivity index (χ3v) is 9.13. The van der Waals surface area contributed by atoms with Crippen LogP contribution in [0.2, 0.25) is 18.1 Å². The zero-order valence-electron chi connectivity index (χ0n) is 15.7. The van der Waals surface area contributed by atoms with Crippen molar-refractivity contribution in [3.05, 3.63) is 35.4 Å². The van der Waals surface area contributed by atoms with E-state index in [4.69, 9.17) is 0 Å². The predicted molar refractivity (Wildman–Crippen MR) is 99.2 cm³/mol. The standard InChI is InChI=1S/C19H25F2NO3Si/c1-19(2,3)26(4,5)10-6-7-16(18(24)25)22-17(23)11-13-8-9-14(20)12-15(13)21/h8-9,12,16H,7,11H2,1-5H3,(H,22,23)(H,24,25)/t16-/m1/s1. The number of hydrogen-bond donors (Lipinski definition) is 2. The molecule has 0 fully saturated rings. The number of amides is 1. The summed E-state index contributed by atoms with van der Waals surface area (Å²) in [5.41, 5.74) is 3.20. The van der Waals surface area contributed by atoms with Gasteiger partial charge in [-0.15, -0.1) is 11.5 Å². The lowest BCUT2D eigenvalue weighted by Gasteiger charge is -2.31. The number of carbonyl (C=O) groups excluding carboxylic acids is 1. The summed E-state index contributed by atoms with van der Waals surface area (Å²) < 4.78 is 26.5. The van der Waals surface area contributed by atoms with Crippen molar-refractivity contribution in [3.8, 4) is 11.5 Å². The topological polar surface area (TPSA) is 66.4 Å². The molecule has 0 saturated carbocycles. The molecular weight excluding hydrogens is 356 g/mol. The Hall–Kier alpha value is -2.20. The monoisotopic (exact) mass is 381 g/mol. The zero-order chi connectivity index (χ0) is 20.1. The third-order valence-electron chi connectivity index (χ3n) is 4.58. The average molecular weight is 381 g/mol. The van der Waals surface area contributed by atoms with E-state index in [2.05, 4.69) is 50.6 Å². The fraction of sp³-hybridized carbons (Fsp3) is 0.474. The van der Waals surface area contributed by atoms with Crippen molar-refractivity contribution in [1.29, 1.82) is 0 Å². The molecule has 1 aromatic rings. The molecule has 0 heterocycles. The second-order valence-corrected chi connectivity index (χ2v) is 12.8. The lowest BCUT2D eigenvalue weighted by Crippen LogP contribution is -2.41. The van der Waals surface area contributed by atoms with E-state index in [0.717, 1.165) is 12.1 Å². The van der Waals surface area contributed by atoms with Crippen molar-refractivity contribution in [2.24, 2.45) is 0 Å². The molecule has 0 saturated heterocycles. The molecule has 2 N–H and O–H groups in total. The van der Waals surface area contributed by atoms with Gasteiger partial charge in [-0.25, -0.2) is 13.6 Å². The number of carboxylic acids is 1. The highest BCUT2D eigenvalue weighted by atomic mass is 28.3. The molecule has 0 radical (unpaired) electrons. The molecule has 1 rings (SSSR count). The van der Waals surface area contributed by atoms with Gasteiger partial charge in [0.15, 0.2) is 0 Å². The molecule has 0 aliphatic heterocycles. The van der Waals surface area contributed by atoms with E-state index in [0.29, 0.717) is 6.07 Å². The van der Waals surface area contributed by atoms with Gasteiger partial charge in [-0.1, -0.05) is 39.9 Å². The van der Waals surface area contributed by atoms with Gasteiger partial charge in [-0.05, 0) is 16.7 Å². The van der Waals surface area contributed by atoms with Gasteiger partial charge in [0.1, 0.15) is 25.8 Å². The van der Waals surface area contributed by atoms with E-state index >= 15 is 0 Å². The van der Waals surface area contributed by atoms with E-state index in [-0.39, 0.29) is 23.4 Å². The second-order valence-electron chi connectivity index (χ2n) is 7.75. The zero-order valence-corrected chi connectivity index (χ0v) is 16.7. The van der Waals surface area contributed by atoms with Crippen LogP contribution in [0.1, 0.15) is 32.8 Å². The molecule has 0 aliphatic carbocycles. The van der Waals surface area contributed by atoms with E-state index in [9.17, 15) is 23.5 Å². The summed E-state index contributed by atoms with van der Waals surface area (Å²) in [6.07, 6.45) is -0.398. The number of rotatable bonds is 5. The number of carbonyl (C=O) groups is 2. The van der Waals surface area contributed by atoms with E-state index in [1.54, 1.807) is 0 Å². The van der Waals surface area contributed by atoms with Crippen LogP contribution >= 0.6 is 0 Å². The van der Waals surface area contributed by atoms with Crippen LogP contribution in [0.15, 0.2) is 18.2 Å². The summed E-state index contributed by atoms with van der Waals surface area (Å²) in [4.78, 5) is 23.4. The third kappa shape index (κ3) is 6.26. The Labute approximate surface area is 154 Å². The number of benzene rings is 1. The normalized spacial score (nSPS) is 12.7. The molecule has 142 valence electrons. The summed E-state index contributed by atoms with van der Waals surface area (Å²) in [7, 11) is -1.87.